The summed E-state index contributed by atoms with van der Waals surface area (Å²) in [5.74, 6) is -0.261. The fourth-order valence-electron chi connectivity index (χ4n) is 2.98. The van der Waals surface area contributed by atoms with Crippen molar-refractivity contribution >= 4 is 11.7 Å². The van der Waals surface area contributed by atoms with Crippen molar-refractivity contribution in [3.63, 3.8) is 0 Å². The molecule has 1 aliphatic rings. The maximum absolute atomic E-state index is 11.2. The van der Waals surface area contributed by atoms with Crippen LogP contribution in [0.5, 0.6) is 0 Å². The zero-order valence-corrected chi connectivity index (χ0v) is 11.4. The third-order valence-corrected chi connectivity index (χ3v) is 4.05. The van der Waals surface area contributed by atoms with Crippen molar-refractivity contribution in [2.75, 3.05) is 5.32 Å². The molecule has 0 amide bonds. The van der Waals surface area contributed by atoms with Crippen molar-refractivity contribution < 1.29 is 9.90 Å². The summed E-state index contributed by atoms with van der Waals surface area (Å²) in [5.41, 5.74) is 0.955. The zero-order valence-electron chi connectivity index (χ0n) is 11.4. The Morgan fingerprint density at radius 3 is 2.84 bits per heavy atom. The van der Waals surface area contributed by atoms with Gasteiger partial charge in [-0.3, -0.25) is 4.98 Å². The van der Waals surface area contributed by atoms with Crippen molar-refractivity contribution in [1.82, 2.24) is 4.98 Å². The van der Waals surface area contributed by atoms with Crippen molar-refractivity contribution in [2.45, 2.75) is 51.5 Å². The fraction of sp³-hybridized carbons (Fsp3) is 0.600. The van der Waals surface area contributed by atoms with Crippen LogP contribution in [0.4, 0.5) is 5.69 Å². The molecule has 1 aromatic rings. The maximum atomic E-state index is 11.2. The number of nitrogens with one attached hydrogen (secondary N) is 1. The predicted molar refractivity (Wildman–Crippen MR) is 75.5 cm³/mol. The minimum absolute atomic E-state index is 0.261. The summed E-state index contributed by atoms with van der Waals surface area (Å²) in [6, 6.07) is 2.12. The molecule has 0 bridgehead atoms. The molecule has 1 atom stereocenters. The van der Waals surface area contributed by atoms with Gasteiger partial charge in [0.15, 0.2) is 0 Å². The van der Waals surface area contributed by atoms with Crippen LogP contribution in [-0.4, -0.2) is 22.1 Å². The van der Waals surface area contributed by atoms with Crippen LogP contribution in [0.2, 0.25) is 0 Å². The highest BCUT2D eigenvalue weighted by Gasteiger charge is 2.23. The van der Waals surface area contributed by atoms with E-state index in [1.807, 2.05) is 0 Å². The fourth-order valence-corrected chi connectivity index (χ4v) is 2.98. The molecule has 4 heteroatoms. The largest absolute Gasteiger partial charge is 0.478 e. The van der Waals surface area contributed by atoms with E-state index < -0.39 is 5.97 Å². The molecule has 2 N–H and O–H groups in total. The van der Waals surface area contributed by atoms with Crippen molar-refractivity contribution in [3.05, 3.63) is 24.0 Å². The standard InChI is InChI=1S/C15H22N2O2/c1-2-13(11-6-4-3-5-7-11)17-14-8-9-16-10-12(14)15(18)19/h8-11,13H,2-7H2,1H3,(H,16,17)(H,18,19). The van der Waals surface area contributed by atoms with Gasteiger partial charge in [0.2, 0.25) is 0 Å². The normalized spacial score (nSPS) is 17.9. The lowest BCUT2D eigenvalue weighted by atomic mass is 9.83. The van der Waals surface area contributed by atoms with E-state index in [1.165, 1.54) is 38.3 Å². The van der Waals surface area contributed by atoms with Gasteiger partial charge in [-0.2, -0.15) is 0 Å². The summed E-state index contributed by atoms with van der Waals surface area (Å²) < 4.78 is 0. The highest BCUT2D eigenvalue weighted by molar-refractivity contribution is 5.93. The first-order chi connectivity index (χ1) is 9.22. The lowest BCUT2D eigenvalue weighted by molar-refractivity contribution is 0.0697. The number of hydrogen-bond donors (Lipinski definition) is 2. The van der Waals surface area contributed by atoms with E-state index in [4.69, 9.17) is 0 Å². The molecule has 19 heavy (non-hydrogen) atoms. The van der Waals surface area contributed by atoms with Gasteiger partial charge in [0.05, 0.1) is 5.69 Å². The maximum Gasteiger partial charge on any atom is 0.339 e. The second-order valence-corrected chi connectivity index (χ2v) is 5.28. The predicted octanol–water partition coefficient (Wildman–Crippen LogP) is 3.55. The van der Waals surface area contributed by atoms with Crippen LogP contribution < -0.4 is 5.32 Å². The van der Waals surface area contributed by atoms with Gasteiger partial charge < -0.3 is 10.4 Å². The third-order valence-electron chi connectivity index (χ3n) is 4.05. The van der Waals surface area contributed by atoms with E-state index in [9.17, 15) is 9.90 Å². The highest BCUT2D eigenvalue weighted by Crippen LogP contribution is 2.30. The Bertz CT molecular complexity index is 428. The summed E-state index contributed by atoms with van der Waals surface area (Å²) in [5, 5.41) is 12.6. The molecule has 0 aliphatic heterocycles. The van der Waals surface area contributed by atoms with Gasteiger partial charge in [0.25, 0.3) is 0 Å². The number of carboxylic acid groups (broad SMARTS) is 1. The average molecular weight is 262 g/mol. The number of hydrogen-bond acceptors (Lipinski definition) is 3. The van der Waals surface area contributed by atoms with Gasteiger partial charge in [0.1, 0.15) is 5.56 Å². The molecule has 0 radical (unpaired) electrons. The number of nitrogens with zero attached hydrogens (tertiary/aromatic N) is 1. The Balaban J connectivity index is 2.11. The number of aromatic carboxylic acids is 1. The minimum atomic E-state index is -0.922. The second kappa shape index (κ2) is 6.55. The Kier molecular flexibility index (Phi) is 4.77. The van der Waals surface area contributed by atoms with Gasteiger partial charge in [0, 0.05) is 18.4 Å². The second-order valence-electron chi connectivity index (χ2n) is 5.28. The van der Waals surface area contributed by atoms with Gasteiger partial charge >= 0.3 is 5.97 Å². The first-order valence-electron chi connectivity index (χ1n) is 7.16. The zero-order chi connectivity index (χ0) is 13.7. The summed E-state index contributed by atoms with van der Waals surface area (Å²) in [6.07, 6.45) is 10.5. The van der Waals surface area contributed by atoms with E-state index >= 15 is 0 Å². The summed E-state index contributed by atoms with van der Waals surface area (Å²) in [7, 11) is 0. The molecule has 1 aromatic heterocycles. The summed E-state index contributed by atoms with van der Waals surface area (Å²) >= 11 is 0. The van der Waals surface area contributed by atoms with Gasteiger partial charge in [-0.25, -0.2) is 4.79 Å². The van der Waals surface area contributed by atoms with E-state index in [0.717, 1.165) is 6.42 Å². The van der Waals surface area contributed by atoms with Crippen LogP contribution in [0.25, 0.3) is 0 Å². The van der Waals surface area contributed by atoms with E-state index in [0.29, 0.717) is 17.6 Å². The van der Waals surface area contributed by atoms with Crippen LogP contribution >= 0.6 is 0 Å². The molecule has 0 spiro atoms. The molecule has 1 aliphatic carbocycles. The van der Waals surface area contributed by atoms with Crippen LogP contribution in [0.3, 0.4) is 0 Å². The van der Waals surface area contributed by atoms with Gasteiger partial charge in [-0.05, 0) is 31.2 Å². The lowest BCUT2D eigenvalue weighted by Crippen LogP contribution is -2.30. The average Bonchev–Trinajstić information content (AvgIpc) is 2.46. The van der Waals surface area contributed by atoms with Crippen LogP contribution in [0.1, 0.15) is 55.8 Å². The Morgan fingerprint density at radius 2 is 2.21 bits per heavy atom. The quantitative estimate of drug-likeness (QED) is 0.851. The van der Waals surface area contributed by atoms with Gasteiger partial charge in [-0.1, -0.05) is 26.2 Å². The molecule has 1 saturated carbocycles. The van der Waals surface area contributed by atoms with E-state index in [2.05, 4.69) is 17.2 Å². The summed E-state index contributed by atoms with van der Waals surface area (Å²) in [6.45, 7) is 2.16. The van der Waals surface area contributed by atoms with Gasteiger partial charge in [-0.15, -0.1) is 0 Å². The SMILES string of the molecule is CCC(Nc1ccncc1C(=O)O)C1CCCCC1. The number of carboxylic acids is 1. The number of pyridine rings is 1. The molecule has 104 valence electrons. The first-order valence-corrected chi connectivity index (χ1v) is 7.16. The third kappa shape index (κ3) is 3.46. The molecule has 1 unspecified atom stereocenters. The smallest absolute Gasteiger partial charge is 0.339 e. The Labute approximate surface area is 114 Å². The number of aromatic nitrogens is 1. The number of carbonyl (C=O) groups is 1. The van der Waals surface area contributed by atoms with E-state index in [-0.39, 0.29) is 5.56 Å². The Hall–Kier alpha value is -1.58. The molecule has 1 fully saturated rings. The summed E-state index contributed by atoms with van der Waals surface area (Å²) in [4.78, 5) is 15.1. The number of anilines is 1. The van der Waals surface area contributed by atoms with Crippen LogP contribution in [-0.2, 0) is 0 Å². The topological polar surface area (TPSA) is 62.2 Å². The molecular weight excluding hydrogens is 240 g/mol. The van der Waals surface area contributed by atoms with Crippen molar-refractivity contribution in [2.24, 2.45) is 5.92 Å². The molecule has 4 nitrogen and oxygen atoms in total. The molecule has 1 heterocycles. The molecular formula is C15H22N2O2. The van der Waals surface area contributed by atoms with E-state index in [1.54, 1.807) is 12.3 Å². The van der Waals surface area contributed by atoms with Crippen molar-refractivity contribution in [1.29, 1.82) is 0 Å². The monoisotopic (exact) mass is 262 g/mol. The van der Waals surface area contributed by atoms with Crippen molar-refractivity contribution in [3.8, 4) is 0 Å². The lowest BCUT2D eigenvalue weighted by Gasteiger charge is -2.31. The number of rotatable bonds is 5. The molecule has 2 rings (SSSR count). The minimum Gasteiger partial charge on any atom is -0.478 e. The Morgan fingerprint density at radius 1 is 1.47 bits per heavy atom. The molecule has 0 saturated heterocycles. The highest BCUT2D eigenvalue weighted by atomic mass is 16.4. The van der Waals surface area contributed by atoms with Crippen LogP contribution in [0.15, 0.2) is 18.5 Å². The van der Waals surface area contributed by atoms with Crippen LogP contribution in [0, 0.1) is 5.92 Å². The first kappa shape index (κ1) is 13.8. The molecule has 0 aromatic carbocycles.